The third kappa shape index (κ3) is 5.37. The Hall–Kier alpha value is -2.24. The Morgan fingerprint density at radius 1 is 1.16 bits per heavy atom. The molecule has 1 amide bonds. The van der Waals surface area contributed by atoms with Gasteiger partial charge in [0.2, 0.25) is 5.91 Å². The van der Waals surface area contributed by atoms with Crippen molar-refractivity contribution in [1.82, 2.24) is 4.90 Å². The summed E-state index contributed by atoms with van der Waals surface area (Å²) in [6, 6.07) is 11.3. The van der Waals surface area contributed by atoms with Crippen molar-refractivity contribution in [1.29, 1.82) is 0 Å². The highest BCUT2D eigenvalue weighted by molar-refractivity contribution is 6.31. The average molecular weight is 363 g/mol. The van der Waals surface area contributed by atoms with Crippen LogP contribution in [-0.2, 0) is 11.3 Å². The molecule has 0 spiro atoms. The molecule has 5 nitrogen and oxygen atoms in total. The first-order valence-corrected chi connectivity index (χ1v) is 8.26. The molecule has 0 saturated heterocycles. The van der Waals surface area contributed by atoms with E-state index in [9.17, 15) is 4.79 Å². The number of anilines is 1. The second-order valence-corrected chi connectivity index (χ2v) is 6.28. The number of benzene rings is 2. The van der Waals surface area contributed by atoms with E-state index in [2.05, 4.69) is 5.32 Å². The van der Waals surface area contributed by atoms with Gasteiger partial charge < -0.3 is 14.8 Å². The van der Waals surface area contributed by atoms with Crippen LogP contribution in [-0.4, -0.2) is 38.6 Å². The molecule has 0 aromatic heterocycles. The molecule has 0 bridgehead atoms. The van der Waals surface area contributed by atoms with Crippen molar-refractivity contribution in [3.8, 4) is 11.5 Å². The maximum Gasteiger partial charge on any atom is 0.238 e. The number of methoxy groups -OCH3 is 2. The van der Waals surface area contributed by atoms with Crippen LogP contribution >= 0.6 is 11.6 Å². The van der Waals surface area contributed by atoms with Crippen molar-refractivity contribution in [2.24, 2.45) is 0 Å². The Labute approximate surface area is 153 Å². The number of nitrogens with zero attached hydrogens (tertiary/aromatic N) is 1. The molecule has 0 fully saturated rings. The predicted octanol–water partition coefficient (Wildman–Crippen LogP) is 3.74. The Morgan fingerprint density at radius 2 is 1.84 bits per heavy atom. The third-order valence-corrected chi connectivity index (χ3v) is 4.19. The van der Waals surface area contributed by atoms with Crippen molar-refractivity contribution in [3.05, 3.63) is 52.5 Å². The highest BCUT2D eigenvalue weighted by Crippen LogP contribution is 2.30. The molecule has 0 saturated carbocycles. The lowest BCUT2D eigenvalue weighted by molar-refractivity contribution is -0.117. The minimum atomic E-state index is -0.115. The van der Waals surface area contributed by atoms with Crippen LogP contribution in [0.2, 0.25) is 5.02 Å². The molecule has 0 unspecified atom stereocenters. The largest absolute Gasteiger partial charge is 0.497 e. The first kappa shape index (κ1) is 19.1. The average Bonchev–Trinajstić information content (AvgIpc) is 2.58. The summed E-state index contributed by atoms with van der Waals surface area (Å²) in [4.78, 5) is 14.3. The molecule has 1 N–H and O–H groups in total. The van der Waals surface area contributed by atoms with E-state index < -0.39 is 0 Å². The van der Waals surface area contributed by atoms with E-state index in [4.69, 9.17) is 21.1 Å². The van der Waals surface area contributed by atoms with Crippen molar-refractivity contribution in [2.75, 3.05) is 33.1 Å². The summed E-state index contributed by atoms with van der Waals surface area (Å²) in [5.41, 5.74) is 2.60. The topological polar surface area (TPSA) is 50.8 Å². The number of ether oxygens (including phenoxy) is 2. The Kier molecular flexibility index (Phi) is 6.67. The van der Waals surface area contributed by atoms with E-state index >= 15 is 0 Å². The lowest BCUT2D eigenvalue weighted by atomic mass is 10.2. The van der Waals surface area contributed by atoms with Gasteiger partial charge in [0.05, 0.1) is 26.5 Å². The molecule has 2 aromatic rings. The second-order valence-electron chi connectivity index (χ2n) is 5.87. The fourth-order valence-corrected chi connectivity index (χ4v) is 2.62. The molecule has 134 valence electrons. The number of halogens is 1. The summed E-state index contributed by atoms with van der Waals surface area (Å²) in [7, 11) is 5.08. The number of carbonyl (C=O) groups excluding carboxylic acids is 1. The monoisotopic (exact) mass is 362 g/mol. The zero-order valence-corrected chi connectivity index (χ0v) is 15.7. The Bertz CT molecular complexity index is 732. The molecule has 0 radical (unpaired) electrons. The minimum absolute atomic E-state index is 0.115. The van der Waals surface area contributed by atoms with Gasteiger partial charge in [0, 0.05) is 17.6 Å². The van der Waals surface area contributed by atoms with Crippen molar-refractivity contribution < 1.29 is 14.3 Å². The molecule has 0 heterocycles. The fourth-order valence-electron chi connectivity index (χ4n) is 2.46. The quantitative estimate of drug-likeness (QED) is 0.815. The molecular weight excluding hydrogens is 340 g/mol. The highest BCUT2D eigenvalue weighted by Gasteiger charge is 2.12. The maximum absolute atomic E-state index is 12.3. The van der Waals surface area contributed by atoms with E-state index in [0.29, 0.717) is 23.0 Å². The maximum atomic E-state index is 12.3. The smallest absolute Gasteiger partial charge is 0.238 e. The summed E-state index contributed by atoms with van der Waals surface area (Å²) in [6.07, 6.45) is 0. The summed E-state index contributed by atoms with van der Waals surface area (Å²) in [6.45, 7) is 2.80. The number of rotatable bonds is 7. The normalized spacial score (nSPS) is 10.6. The molecular formula is C19H23ClN2O3. The lowest BCUT2D eigenvalue weighted by Gasteiger charge is -2.18. The number of likely N-dealkylation sites (N-methyl/N-ethyl adjacent to an activating group) is 1. The van der Waals surface area contributed by atoms with E-state index in [1.807, 2.05) is 49.2 Å². The number of carbonyl (C=O) groups is 1. The van der Waals surface area contributed by atoms with Gasteiger partial charge in [-0.15, -0.1) is 0 Å². The van der Waals surface area contributed by atoms with Crippen LogP contribution in [0.15, 0.2) is 36.4 Å². The van der Waals surface area contributed by atoms with E-state index in [0.717, 1.165) is 16.9 Å². The number of hydrogen-bond acceptors (Lipinski definition) is 4. The van der Waals surface area contributed by atoms with E-state index in [1.54, 1.807) is 20.3 Å². The predicted molar refractivity (Wildman–Crippen MR) is 101 cm³/mol. The molecule has 2 rings (SSSR count). The van der Waals surface area contributed by atoms with E-state index in [1.165, 1.54) is 0 Å². The summed E-state index contributed by atoms with van der Waals surface area (Å²) >= 11 is 6.09. The minimum Gasteiger partial charge on any atom is -0.497 e. The molecule has 25 heavy (non-hydrogen) atoms. The van der Waals surface area contributed by atoms with Gasteiger partial charge in [0.15, 0.2) is 0 Å². The van der Waals surface area contributed by atoms with Crippen LogP contribution in [0.1, 0.15) is 11.1 Å². The summed E-state index contributed by atoms with van der Waals surface area (Å²) < 4.78 is 10.4. The molecule has 0 aliphatic heterocycles. The Balaban J connectivity index is 1.96. The first-order chi connectivity index (χ1) is 11.9. The second kappa shape index (κ2) is 8.74. The lowest BCUT2D eigenvalue weighted by Crippen LogP contribution is -2.30. The van der Waals surface area contributed by atoms with Gasteiger partial charge in [0.1, 0.15) is 11.5 Å². The van der Waals surface area contributed by atoms with Crippen molar-refractivity contribution in [2.45, 2.75) is 13.5 Å². The van der Waals surface area contributed by atoms with Crippen LogP contribution in [0.25, 0.3) is 0 Å². The van der Waals surface area contributed by atoms with Gasteiger partial charge in [-0.25, -0.2) is 0 Å². The fraction of sp³-hybridized carbons (Fsp3) is 0.316. The van der Waals surface area contributed by atoms with Crippen LogP contribution in [0.4, 0.5) is 5.69 Å². The molecule has 0 atom stereocenters. The molecule has 2 aromatic carbocycles. The SMILES string of the molecule is COc1ccc(CN(C)CC(=O)Nc2cc(C)c(Cl)cc2OC)cc1. The molecule has 0 aliphatic carbocycles. The highest BCUT2D eigenvalue weighted by atomic mass is 35.5. The van der Waals surface area contributed by atoms with Crippen molar-refractivity contribution in [3.63, 3.8) is 0 Å². The first-order valence-electron chi connectivity index (χ1n) is 7.88. The van der Waals surface area contributed by atoms with Gasteiger partial charge >= 0.3 is 0 Å². The van der Waals surface area contributed by atoms with Gasteiger partial charge in [-0.2, -0.15) is 0 Å². The number of amides is 1. The number of nitrogens with one attached hydrogen (secondary N) is 1. The van der Waals surface area contributed by atoms with Gasteiger partial charge in [0.25, 0.3) is 0 Å². The number of aryl methyl sites for hydroxylation is 1. The van der Waals surface area contributed by atoms with Crippen LogP contribution < -0.4 is 14.8 Å². The third-order valence-electron chi connectivity index (χ3n) is 3.78. The summed E-state index contributed by atoms with van der Waals surface area (Å²) in [5, 5.41) is 3.48. The van der Waals surface area contributed by atoms with E-state index in [-0.39, 0.29) is 12.5 Å². The van der Waals surface area contributed by atoms with Gasteiger partial charge in [-0.05, 0) is 43.3 Å². The standard InChI is InChI=1S/C19H23ClN2O3/c1-13-9-17(18(25-4)10-16(13)20)21-19(23)12-22(2)11-14-5-7-15(24-3)8-6-14/h5-10H,11-12H2,1-4H3,(H,21,23). The Morgan fingerprint density at radius 3 is 2.44 bits per heavy atom. The van der Waals surface area contributed by atoms with Crippen LogP contribution in [0, 0.1) is 6.92 Å². The van der Waals surface area contributed by atoms with Crippen LogP contribution in [0.3, 0.4) is 0 Å². The molecule has 0 aliphatic rings. The van der Waals surface area contributed by atoms with Crippen molar-refractivity contribution >= 4 is 23.2 Å². The van der Waals surface area contributed by atoms with Gasteiger partial charge in [-0.3, -0.25) is 9.69 Å². The molecule has 6 heteroatoms. The number of hydrogen-bond donors (Lipinski definition) is 1. The summed E-state index contributed by atoms with van der Waals surface area (Å²) in [5.74, 6) is 1.24. The van der Waals surface area contributed by atoms with Crippen LogP contribution in [0.5, 0.6) is 11.5 Å². The van der Waals surface area contributed by atoms with Gasteiger partial charge in [-0.1, -0.05) is 23.7 Å². The zero-order chi connectivity index (χ0) is 18.4. The zero-order valence-electron chi connectivity index (χ0n) is 14.9.